The van der Waals surface area contributed by atoms with Crippen molar-refractivity contribution in [3.63, 3.8) is 0 Å². The number of hydrogen-bond donors (Lipinski definition) is 0. The van der Waals surface area contributed by atoms with E-state index in [2.05, 4.69) is 10.7 Å². The third-order valence-corrected chi connectivity index (χ3v) is 24.9. The van der Waals surface area contributed by atoms with Crippen molar-refractivity contribution in [2.45, 2.75) is 0 Å². The first-order chi connectivity index (χ1) is 3.91. The first-order valence-electron chi connectivity index (χ1n) is 2.47. The van der Waals surface area contributed by atoms with Crippen LogP contribution >= 0.6 is 10.7 Å². The van der Waals surface area contributed by atoms with Crippen LogP contribution in [-0.2, 0) is 8.23 Å². The summed E-state index contributed by atoms with van der Waals surface area (Å²) < 4.78 is 10.3. The summed E-state index contributed by atoms with van der Waals surface area (Å²) in [5.41, 5.74) is 0. The molecule has 0 rings (SSSR count). The van der Waals surface area contributed by atoms with E-state index in [1.165, 1.54) is 0 Å². The van der Waals surface area contributed by atoms with Crippen molar-refractivity contribution in [3.05, 3.63) is 0 Å². The van der Waals surface area contributed by atoms with Crippen molar-refractivity contribution < 1.29 is 8.23 Å². The summed E-state index contributed by atoms with van der Waals surface area (Å²) in [7, 11) is 4.23. The van der Waals surface area contributed by atoms with E-state index in [4.69, 9.17) is 8.23 Å². The van der Waals surface area contributed by atoms with Crippen LogP contribution in [0.2, 0.25) is 0 Å². The van der Waals surface area contributed by atoms with E-state index < -0.39 is 0 Å². The zero-order valence-corrected chi connectivity index (χ0v) is 14.4. The van der Waals surface area contributed by atoms with Crippen LogP contribution in [0.5, 0.6) is 0 Å². The lowest BCUT2D eigenvalue weighted by Crippen LogP contribution is -2.05. The monoisotopic (exact) mass is 216 g/mol. The fourth-order valence-electron chi connectivity index (χ4n) is 0.285. The van der Waals surface area contributed by atoms with Gasteiger partial charge in [0.15, 0.2) is 0 Å². The van der Waals surface area contributed by atoms with Gasteiger partial charge in [-0.2, -0.15) is 10.7 Å². The van der Waals surface area contributed by atoms with Crippen molar-refractivity contribution in [2.75, 3.05) is 0 Å². The van der Waals surface area contributed by atoms with Gasteiger partial charge in [0.05, 0.1) is 8.19 Å². The van der Waals surface area contributed by atoms with Crippen LogP contribution in [-0.4, -0.2) is 47.4 Å². The van der Waals surface area contributed by atoms with Gasteiger partial charge in [-0.3, -0.25) is 0 Å². The van der Waals surface area contributed by atoms with Crippen LogP contribution < -0.4 is 0 Å². The minimum Gasteiger partial charge on any atom is -0.470 e. The molecule has 0 unspecified atom stereocenters. The standard InChI is InChI=1S/H12O2SSi5/c4-1-6-3-8-7-2-5/h6-8H2,4-5H3. The Kier molecular flexibility index (Phi) is 9.77. The maximum atomic E-state index is 5.19. The van der Waals surface area contributed by atoms with Crippen LogP contribution in [0.15, 0.2) is 0 Å². The molecule has 0 saturated carbocycles. The third-order valence-electron chi connectivity index (χ3n) is 0.633. The SMILES string of the molecule is [SiH3]O[SiH2][SiH2]S[SiH2]O[SiH3]. The van der Waals surface area contributed by atoms with Crippen LogP contribution in [0.4, 0.5) is 0 Å². The molecular formula is H12O2SSi5. The molecule has 0 aliphatic rings. The van der Waals surface area contributed by atoms with E-state index in [0.29, 0.717) is 0 Å². The average molecular weight is 217 g/mol. The van der Waals surface area contributed by atoms with Gasteiger partial charge in [0, 0.05) is 0 Å². The Morgan fingerprint density at radius 3 is 2.50 bits per heavy atom. The van der Waals surface area contributed by atoms with Gasteiger partial charge in [-0.15, -0.1) is 0 Å². The fourth-order valence-corrected chi connectivity index (χ4v) is 23.0. The maximum absolute atomic E-state index is 5.19. The van der Waals surface area contributed by atoms with Crippen molar-refractivity contribution >= 4 is 58.0 Å². The molecule has 0 atom stereocenters. The summed E-state index contributed by atoms with van der Waals surface area (Å²) in [5, 5.41) is 0. The minimum absolute atomic E-state index is 0.0351. The number of hydrogen-bond acceptors (Lipinski definition) is 3. The van der Waals surface area contributed by atoms with Crippen molar-refractivity contribution in [1.82, 2.24) is 0 Å². The Labute approximate surface area is 66.4 Å². The van der Waals surface area contributed by atoms with E-state index in [1.54, 1.807) is 0 Å². The first-order valence-corrected chi connectivity index (χ1v) is 13.9. The van der Waals surface area contributed by atoms with Gasteiger partial charge in [-0.25, -0.2) is 0 Å². The topological polar surface area (TPSA) is 18.5 Å². The molecule has 0 radical (unpaired) electrons. The number of rotatable bonds is 5. The second kappa shape index (κ2) is 8.35. The van der Waals surface area contributed by atoms with Crippen LogP contribution in [0, 0.1) is 0 Å². The molecule has 8 heteroatoms. The molecule has 0 fully saturated rings. The second-order valence-electron chi connectivity index (χ2n) is 1.31. The first kappa shape index (κ1) is 9.35. The molecule has 0 bridgehead atoms. The highest BCUT2D eigenvalue weighted by molar-refractivity contribution is 8.43. The molecule has 8 heavy (non-hydrogen) atoms. The molecule has 0 N–H and O–H groups in total. The zero-order chi connectivity index (χ0) is 6.24. The summed E-state index contributed by atoms with van der Waals surface area (Å²) in [6.45, 7) is 0. The molecule has 0 aromatic carbocycles. The van der Waals surface area contributed by atoms with E-state index >= 15 is 0 Å². The van der Waals surface area contributed by atoms with E-state index in [-0.39, 0.29) is 26.4 Å². The molecule has 50 valence electrons. The summed E-state index contributed by atoms with van der Waals surface area (Å²) in [4.78, 5) is 0. The highest BCUT2D eigenvalue weighted by Crippen LogP contribution is 1.89. The Morgan fingerprint density at radius 2 is 2.00 bits per heavy atom. The lowest BCUT2D eigenvalue weighted by molar-refractivity contribution is 0.682. The van der Waals surface area contributed by atoms with Crippen molar-refractivity contribution in [2.24, 2.45) is 0 Å². The van der Waals surface area contributed by atoms with Crippen LogP contribution in [0.25, 0.3) is 0 Å². The second-order valence-corrected chi connectivity index (χ2v) is 19.1. The third kappa shape index (κ3) is 7.35. The van der Waals surface area contributed by atoms with Gasteiger partial charge in [-0.1, -0.05) is 0 Å². The highest BCUT2D eigenvalue weighted by atomic mass is 32.5. The van der Waals surface area contributed by atoms with Crippen LogP contribution in [0.3, 0.4) is 0 Å². The average Bonchev–Trinajstić information content (AvgIpc) is 1.81. The van der Waals surface area contributed by atoms with Gasteiger partial charge < -0.3 is 8.23 Å². The van der Waals surface area contributed by atoms with E-state index in [0.717, 1.165) is 21.0 Å². The fraction of sp³-hybridized carbons (Fsp3) is 0. The normalized spacial score (nSPS) is 15.0. The molecule has 0 spiro atoms. The maximum Gasteiger partial charge on any atom is 0.203 e. The predicted octanol–water partition coefficient (Wildman–Crippen LogP) is -4.60. The van der Waals surface area contributed by atoms with Gasteiger partial charge in [-0.05, 0) is 0 Å². The molecule has 0 aliphatic heterocycles. The summed E-state index contributed by atoms with van der Waals surface area (Å²) in [5.74, 6) is 0. The lowest BCUT2D eigenvalue weighted by Gasteiger charge is -1.95. The Bertz CT molecular complexity index is 35.4. The van der Waals surface area contributed by atoms with Crippen LogP contribution in [0.1, 0.15) is 0 Å². The van der Waals surface area contributed by atoms with E-state index in [9.17, 15) is 0 Å². The lowest BCUT2D eigenvalue weighted by atomic mass is 15.8. The zero-order valence-electron chi connectivity index (χ0n) is 5.35. The Morgan fingerprint density at radius 1 is 1.25 bits per heavy atom. The van der Waals surface area contributed by atoms with E-state index in [1.807, 2.05) is 0 Å². The van der Waals surface area contributed by atoms with Crippen molar-refractivity contribution in [3.8, 4) is 0 Å². The highest BCUT2D eigenvalue weighted by Gasteiger charge is 1.86. The van der Waals surface area contributed by atoms with Gasteiger partial charge >= 0.3 is 0 Å². The molecule has 0 aliphatic carbocycles. The summed E-state index contributed by atoms with van der Waals surface area (Å²) >= 11 is 0. The smallest absolute Gasteiger partial charge is 0.203 e. The minimum atomic E-state index is -0.0883. The Hall–Kier alpha value is 1.35. The molecule has 0 aromatic heterocycles. The Balaban J connectivity index is 2.53. The summed E-state index contributed by atoms with van der Waals surface area (Å²) in [6, 6.07) is 0. The van der Waals surface area contributed by atoms with Crippen molar-refractivity contribution in [1.29, 1.82) is 0 Å². The molecule has 0 saturated heterocycles. The quantitative estimate of drug-likeness (QED) is 0.341. The molecule has 0 heterocycles. The molecule has 0 amide bonds. The molecule has 0 aromatic rings. The molecule has 2 nitrogen and oxygen atoms in total. The van der Waals surface area contributed by atoms with Gasteiger partial charge in [0.2, 0.25) is 8.91 Å². The predicted molar refractivity (Wildman–Crippen MR) is 55.3 cm³/mol. The van der Waals surface area contributed by atoms with Gasteiger partial charge in [0.1, 0.15) is 30.3 Å². The summed E-state index contributed by atoms with van der Waals surface area (Å²) in [6.07, 6.45) is 0. The molecular weight excluding hydrogens is 204 g/mol. The largest absolute Gasteiger partial charge is 0.470 e. The van der Waals surface area contributed by atoms with Gasteiger partial charge in [0.25, 0.3) is 0 Å².